The van der Waals surface area contributed by atoms with E-state index in [9.17, 15) is 0 Å². The van der Waals surface area contributed by atoms with Gasteiger partial charge in [-0.15, -0.1) is 0 Å². The summed E-state index contributed by atoms with van der Waals surface area (Å²) in [5.41, 5.74) is 6.32. The van der Waals surface area contributed by atoms with Gasteiger partial charge in [0, 0.05) is 31.9 Å². The molecule has 1 rings (SSSR count). The lowest BCUT2D eigenvalue weighted by atomic mass is 9.88. The lowest BCUT2D eigenvalue weighted by Crippen LogP contribution is -2.30. The third kappa shape index (κ3) is 4.50. The van der Waals surface area contributed by atoms with E-state index >= 15 is 0 Å². The van der Waals surface area contributed by atoms with Gasteiger partial charge in [0.1, 0.15) is 5.82 Å². The summed E-state index contributed by atoms with van der Waals surface area (Å²) in [5.74, 6) is 1.83. The molecule has 0 aromatic carbocycles. The molecule has 1 aromatic heterocycles. The lowest BCUT2D eigenvalue weighted by Gasteiger charge is -2.23. The molecule has 3 nitrogen and oxygen atoms in total. The highest BCUT2D eigenvalue weighted by atomic mass is 15.0. The smallest absolute Gasteiger partial charge is 0.108 e. The number of hydrogen-bond acceptors (Lipinski definition) is 2. The van der Waals surface area contributed by atoms with Crippen LogP contribution in [0, 0.1) is 5.92 Å². The van der Waals surface area contributed by atoms with Crippen molar-refractivity contribution in [3.8, 4) is 0 Å². The van der Waals surface area contributed by atoms with E-state index in [1.54, 1.807) is 0 Å². The number of aryl methyl sites for hydroxylation is 2. The van der Waals surface area contributed by atoms with Crippen LogP contribution in [-0.2, 0) is 13.5 Å². The molecule has 1 atom stereocenters. The van der Waals surface area contributed by atoms with Gasteiger partial charge >= 0.3 is 0 Å². The Kier molecular flexibility index (Phi) is 6.27. The zero-order valence-corrected chi connectivity index (χ0v) is 11.5. The summed E-state index contributed by atoms with van der Waals surface area (Å²) < 4.78 is 2.08. The highest BCUT2D eigenvalue weighted by Crippen LogP contribution is 2.19. The van der Waals surface area contributed by atoms with E-state index in [0.717, 1.165) is 18.7 Å². The van der Waals surface area contributed by atoms with Crippen molar-refractivity contribution in [2.45, 2.75) is 58.4 Å². The van der Waals surface area contributed by atoms with Gasteiger partial charge in [0.05, 0.1) is 0 Å². The summed E-state index contributed by atoms with van der Waals surface area (Å²) in [6, 6.07) is 0.326. The molecule has 0 aliphatic rings. The van der Waals surface area contributed by atoms with E-state index in [2.05, 4.69) is 23.4 Å². The Balaban J connectivity index is 2.41. The first kappa shape index (κ1) is 14.2. The molecule has 1 aromatic rings. The van der Waals surface area contributed by atoms with Gasteiger partial charge in [-0.3, -0.25) is 0 Å². The Labute approximate surface area is 105 Å². The molecule has 3 heteroatoms. The van der Waals surface area contributed by atoms with Crippen molar-refractivity contribution in [1.82, 2.24) is 9.55 Å². The highest BCUT2D eigenvalue weighted by molar-refractivity contribution is 4.92. The minimum absolute atomic E-state index is 0.326. The summed E-state index contributed by atoms with van der Waals surface area (Å²) in [7, 11) is 2.05. The number of aromatic nitrogens is 2. The Morgan fingerprint density at radius 2 is 1.88 bits per heavy atom. The maximum atomic E-state index is 6.32. The van der Waals surface area contributed by atoms with E-state index in [1.165, 1.54) is 25.7 Å². The van der Waals surface area contributed by atoms with Gasteiger partial charge in [-0.25, -0.2) is 4.98 Å². The second kappa shape index (κ2) is 7.49. The molecule has 0 aliphatic carbocycles. The van der Waals surface area contributed by atoms with Crippen LogP contribution in [0.15, 0.2) is 12.4 Å². The summed E-state index contributed by atoms with van der Waals surface area (Å²) >= 11 is 0. The first-order valence-corrected chi connectivity index (χ1v) is 6.90. The van der Waals surface area contributed by atoms with Gasteiger partial charge in [0.2, 0.25) is 0 Å². The predicted octanol–water partition coefficient (Wildman–Crippen LogP) is 2.90. The first-order valence-electron chi connectivity index (χ1n) is 6.90. The monoisotopic (exact) mass is 237 g/mol. The van der Waals surface area contributed by atoms with E-state index in [4.69, 9.17) is 5.73 Å². The lowest BCUT2D eigenvalue weighted by molar-refractivity contribution is 0.345. The quantitative estimate of drug-likeness (QED) is 0.755. The normalized spacial score (nSPS) is 13.2. The fourth-order valence-electron chi connectivity index (χ4n) is 2.48. The summed E-state index contributed by atoms with van der Waals surface area (Å²) in [6.45, 7) is 4.49. The average molecular weight is 237 g/mol. The van der Waals surface area contributed by atoms with Gasteiger partial charge in [-0.2, -0.15) is 0 Å². The average Bonchev–Trinajstić information content (AvgIpc) is 2.71. The zero-order chi connectivity index (χ0) is 12.7. The number of nitrogens with zero attached hydrogens (tertiary/aromatic N) is 2. The Morgan fingerprint density at radius 1 is 1.24 bits per heavy atom. The maximum absolute atomic E-state index is 6.32. The van der Waals surface area contributed by atoms with Crippen molar-refractivity contribution in [3.63, 3.8) is 0 Å². The van der Waals surface area contributed by atoms with Crippen LogP contribution >= 0.6 is 0 Å². The molecule has 1 heterocycles. The van der Waals surface area contributed by atoms with Gasteiger partial charge in [0.25, 0.3) is 0 Å². The summed E-state index contributed by atoms with van der Waals surface area (Å²) in [6.07, 6.45) is 10.9. The van der Waals surface area contributed by atoms with Crippen LogP contribution in [0.4, 0.5) is 0 Å². The largest absolute Gasteiger partial charge is 0.338 e. The molecule has 0 bridgehead atoms. The second-order valence-corrected chi connectivity index (χ2v) is 4.99. The highest BCUT2D eigenvalue weighted by Gasteiger charge is 2.16. The van der Waals surface area contributed by atoms with Crippen molar-refractivity contribution >= 4 is 0 Å². The molecule has 0 aliphatic heterocycles. The van der Waals surface area contributed by atoms with Crippen LogP contribution in [-0.4, -0.2) is 15.6 Å². The third-order valence-electron chi connectivity index (χ3n) is 3.55. The van der Waals surface area contributed by atoms with Crippen LogP contribution in [0.5, 0.6) is 0 Å². The molecular weight excluding hydrogens is 210 g/mol. The first-order chi connectivity index (χ1) is 8.19. The number of imidazole rings is 1. The van der Waals surface area contributed by atoms with Crippen LogP contribution in [0.2, 0.25) is 0 Å². The Bertz CT molecular complexity index is 300. The van der Waals surface area contributed by atoms with Crippen molar-refractivity contribution in [2.24, 2.45) is 18.7 Å². The molecule has 98 valence electrons. The van der Waals surface area contributed by atoms with Crippen molar-refractivity contribution in [3.05, 3.63) is 18.2 Å². The second-order valence-electron chi connectivity index (χ2n) is 4.99. The van der Waals surface area contributed by atoms with Gasteiger partial charge in [0.15, 0.2) is 0 Å². The Morgan fingerprint density at radius 3 is 2.35 bits per heavy atom. The molecule has 2 N–H and O–H groups in total. The van der Waals surface area contributed by atoms with Crippen LogP contribution < -0.4 is 5.73 Å². The molecular formula is C14H27N3. The van der Waals surface area contributed by atoms with Crippen LogP contribution in [0.1, 0.15) is 51.8 Å². The molecule has 0 saturated heterocycles. The number of nitrogens with two attached hydrogens (primary N) is 1. The van der Waals surface area contributed by atoms with Gasteiger partial charge < -0.3 is 10.3 Å². The summed E-state index contributed by atoms with van der Waals surface area (Å²) in [4.78, 5) is 4.35. The van der Waals surface area contributed by atoms with Gasteiger partial charge in [-0.05, 0) is 25.2 Å². The molecule has 17 heavy (non-hydrogen) atoms. The maximum Gasteiger partial charge on any atom is 0.108 e. The van der Waals surface area contributed by atoms with Gasteiger partial charge in [-0.1, -0.05) is 26.7 Å². The molecule has 0 radical (unpaired) electrons. The number of hydrogen-bond donors (Lipinski definition) is 1. The SMILES string of the molecule is CCCC(CCC)C(N)CCc1nccn1C. The standard InChI is InChI=1S/C14H27N3/c1-4-6-12(7-5-2)13(15)8-9-14-16-10-11-17(14)3/h10-13H,4-9,15H2,1-3H3. The van der Waals surface area contributed by atoms with Crippen molar-refractivity contribution in [2.75, 3.05) is 0 Å². The fraction of sp³-hybridized carbons (Fsp3) is 0.786. The zero-order valence-electron chi connectivity index (χ0n) is 11.5. The predicted molar refractivity (Wildman–Crippen MR) is 72.8 cm³/mol. The summed E-state index contributed by atoms with van der Waals surface area (Å²) in [5, 5.41) is 0. The molecule has 0 saturated carbocycles. The third-order valence-corrected chi connectivity index (χ3v) is 3.55. The molecule has 1 unspecified atom stereocenters. The molecule has 0 fully saturated rings. The molecule has 0 amide bonds. The van der Waals surface area contributed by atoms with Crippen molar-refractivity contribution < 1.29 is 0 Å². The minimum Gasteiger partial charge on any atom is -0.338 e. The fourth-order valence-corrected chi connectivity index (χ4v) is 2.48. The topological polar surface area (TPSA) is 43.8 Å². The minimum atomic E-state index is 0.326. The Hall–Kier alpha value is -0.830. The molecule has 0 spiro atoms. The van der Waals surface area contributed by atoms with Crippen LogP contribution in [0.25, 0.3) is 0 Å². The van der Waals surface area contributed by atoms with E-state index in [-0.39, 0.29) is 0 Å². The van der Waals surface area contributed by atoms with E-state index < -0.39 is 0 Å². The van der Waals surface area contributed by atoms with Crippen LogP contribution in [0.3, 0.4) is 0 Å². The van der Waals surface area contributed by atoms with E-state index in [0.29, 0.717) is 12.0 Å². The van der Waals surface area contributed by atoms with E-state index in [1.807, 2.05) is 19.4 Å². The number of rotatable bonds is 8. The van der Waals surface area contributed by atoms with Crippen molar-refractivity contribution in [1.29, 1.82) is 0 Å².